The van der Waals surface area contributed by atoms with Crippen LogP contribution in [0.15, 0.2) is 0 Å². The van der Waals surface area contributed by atoms with E-state index in [-0.39, 0.29) is 6.61 Å². The lowest BCUT2D eigenvalue weighted by atomic mass is 10.7. The van der Waals surface area contributed by atoms with E-state index in [0.717, 1.165) is 0 Å². The van der Waals surface area contributed by atoms with Crippen LogP contribution in [0.25, 0.3) is 0 Å². The fourth-order valence-corrected chi connectivity index (χ4v) is 0.683. The molecule has 0 aromatic carbocycles. The third-order valence-corrected chi connectivity index (χ3v) is 0.998. The van der Waals surface area contributed by atoms with Crippen LogP contribution in [-0.4, -0.2) is 17.8 Å². The summed E-state index contributed by atoms with van der Waals surface area (Å²) in [4.78, 5) is 20.3. The van der Waals surface area contributed by atoms with Crippen molar-refractivity contribution in [3.63, 3.8) is 0 Å². The van der Waals surface area contributed by atoms with Crippen LogP contribution in [0, 0.1) is 0 Å². The third-order valence-electron chi connectivity index (χ3n) is 0.529. The van der Waals surface area contributed by atoms with Gasteiger partial charge in [-0.25, -0.2) is 0 Å². The summed E-state index contributed by atoms with van der Waals surface area (Å²) in [6.45, 7) is -0.0869. The van der Waals surface area contributed by atoms with Crippen molar-refractivity contribution in [2.24, 2.45) is 0 Å². The number of imide groups is 1. The Kier molecular flexibility index (Phi) is 1.50. The van der Waals surface area contributed by atoms with Crippen LogP contribution in [0.4, 0.5) is 4.79 Å². The molecule has 1 aliphatic heterocycles. The van der Waals surface area contributed by atoms with Gasteiger partial charge in [0.1, 0.15) is 6.61 Å². The normalized spacial score (nSPS) is 20.5. The van der Waals surface area contributed by atoms with Crippen molar-refractivity contribution >= 4 is 23.2 Å². The molecule has 0 spiro atoms. The number of amides is 2. The first kappa shape index (κ1) is 5.58. The standard InChI is InChI=1S/C3H2NO3S/c5-2-1-7-8-3(6)4-2/h1H2. The molecule has 0 aromatic heterocycles. The highest BCUT2D eigenvalue weighted by molar-refractivity contribution is 8.09. The molecular weight excluding hydrogens is 130 g/mol. The van der Waals surface area contributed by atoms with Crippen molar-refractivity contribution in [3.8, 4) is 0 Å². The van der Waals surface area contributed by atoms with Crippen molar-refractivity contribution < 1.29 is 13.8 Å². The Morgan fingerprint density at radius 1 is 1.62 bits per heavy atom. The molecule has 0 atom stereocenters. The smallest absolute Gasteiger partial charge is 0.296 e. The molecule has 0 saturated carbocycles. The average Bonchev–Trinajstić information content (AvgIpc) is 1.64. The summed E-state index contributed by atoms with van der Waals surface area (Å²) < 4.78 is 4.42. The molecule has 0 aromatic rings. The van der Waals surface area contributed by atoms with Crippen molar-refractivity contribution in [3.05, 3.63) is 0 Å². The zero-order chi connectivity index (χ0) is 5.98. The monoisotopic (exact) mass is 132 g/mol. The van der Waals surface area contributed by atoms with Gasteiger partial charge in [-0.1, -0.05) is 0 Å². The van der Waals surface area contributed by atoms with Crippen LogP contribution in [-0.2, 0) is 8.98 Å². The quantitative estimate of drug-likeness (QED) is 0.432. The number of carbonyl (C=O) groups excluding carboxylic acids is 2. The van der Waals surface area contributed by atoms with E-state index in [0.29, 0.717) is 12.0 Å². The highest BCUT2D eigenvalue weighted by Gasteiger charge is 2.18. The van der Waals surface area contributed by atoms with Gasteiger partial charge in [0.2, 0.25) is 0 Å². The van der Waals surface area contributed by atoms with Gasteiger partial charge in [0.05, 0.1) is 12.0 Å². The predicted octanol–water partition coefficient (Wildman–Crippen LogP) is -0.0842. The van der Waals surface area contributed by atoms with E-state index < -0.39 is 11.1 Å². The van der Waals surface area contributed by atoms with Gasteiger partial charge in [0, 0.05) is 0 Å². The molecule has 4 nitrogen and oxygen atoms in total. The fraction of sp³-hybridized carbons (Fsp3) is 0.333. The number of nitrogens with zero attached hydrogens (tertiary/aromatic N) is 1. The van der Waals surface area contributed by atoms with Crippen LogP contribution in [0.5, 0.6) is 0 Å². The summed E-state index contributed by atoms with van der Waals surface area (Å²) in [6.07, 6.45) is 0. The first-order valence-corrected chi connectivity index (χ1v) is 2.61. The van der Waals surface area contributed by atoms with E-state index in [2.05, 4.69) is 9.50 Å². The molecule has 43 valence electrons. The Morgan fingerprint density at radius 2 is 2.38 bits per heavy atom. The first-order chi connectivity index (χ1) is 3.79. The molecule has 1 fully saturated rings. The number of hydrogen-bond acceptors (Lipinski definition) is 4. The zero-order valence-electron chi connectivity index (χ0n) is 3.79. The summed E-state index contributed by atoms with van der Waals surface area (Å²) in [5.41, 5.74) is 0. The van der Waals surface area contributed by atoms with Gasteiger partial charge in [-0.15, -0.1) is 0 Å². The van der Waals surface area contributed by atoms with Crippen molar-refractivity contribution in [2.75, 3.05) is 6.61 Å². The van der Waals surface area contributed by atoms with Gasteiger partial charge < -0.3 is 0 Å². The summed E-state index contributed by atoms with van der Waals surface area (Å²) in [5.74, 6) is -0.506. The van der Waals surface area contributed by atoms with Crippen molar-refractivity contribution in [2.45, 2.75) is 0 Å². The zero-order valence-corrected chi connectivity index (χ0v) is 4.60. The highest BCUT2D eigenvalue weighted by atomic mass is 32.2. The van der Waals surface area contributed by atoms with Gasteiger partial charge >= 0.3 is 5.24 Å². The van der Waals surface area contributed by atoms with Crippen LogP contribution in [0.3, 0.4) is 0 Å². The maximum atomic E-state index is 10.1. The topological polar surface area (TPSA) is 57.5 Å². The second-order valence-corrected chi connectivity index (χ2v) is 1.87. The molecule has 0 bridgehead atoms. The molecule has 0 unspecified atom stereocenters. The van der Waals surface area contributed by atoms with Gasteiger partial charge in [-0.2, -0.15) is 5.32 Å². The van der Waals surface area contributed by atoms with Gasteiger partial charge in [-0.05, 0) is 0 Å². The van der Waals surface area contributed by atoms with Crippen LogP contribution >= 0.6 is 12.0 Å². The molecule has 1 heterocycles. The summed E-state index contributed by atoms with van der Waals surface area (Å²) in [6, 6.07) is 0. The lowest BCUT2D eigenvalue weighted by molar-refractivity contribution is -0.122. The Bertz CT molecular complexity index is 120. The highest BCUT2D eigenvalue weighted by Crippen LogP contribution is 2.08. The number of hydrogen-bond donors (Lipinski definition) is 0. The fourth-order valence-electron chi connectivity index (χ4n) is 0.283. The average molecular weight is 132 g/mol. The van der Waals surface area contributed by atoms with E-state index >= 15 is 0 Å². The predicted molar refractivity (Wildman–Crippen MR) is 26.1 cm³/mol. The van der Waals surface area contributed by atoms with Gasteiger partial charge in [-0.3, -0.25) is 13.8 Å². The Hall–Kier alpha value is -0.550. The van der Waals surface area contributed by atoms with E-state index in [9.17, 15) is 9.59 Å². The minimum Gasteiger partial charge on any atom is -0.296 e. The lowest BCUT2D eigenvalue weighted by Crippen LogP contribution is -2.27. The Morgan fingerprint density at radius 3 is 2.75 bits per heavy atom. The van der Waals surface area contributed by atoms with Gasteiger partial charge in [0.15, 0.2) is 0 Å². The molecule has 1 radical (unpaired) electrons. The first-order valence-electron chi connectivity index (χ1n) is 1.87. The van der Waals surface area contributed by atoms with Crippen molar-refractivity contribution in [1.82, 2.24) is 5.32 Å². The van der Waals surface area contributed by atoms with E-state index in [1.165, 1.54) is 0 Å². The lowest BCUT2D eigenvalue weighted by Gasteiger charge is -2.04. The third kappa shape index (κ3) is 1.21. The van der Waals surface area contributed by atoms with Crippen molar-refractivity contribution in [1.29, 1.82) is 0 Å². The van der Waals surface area contributed by atoms with Crippen LogP contribution in [0.1, 0.15) is 0 Å². The molecule has 1 saturated heterocycles. The molecular formula is C3H2NO3S. The molecule has 2 amide bonds. The second kappa shape index (κ2) is 2.15. The summed E-state index contributed by atoms with van der Waals surface area (Å²) >= 11 is 0.595. The summed E-state index contributed by atoms with van der Waals surface area (Å²) in [5, 5.41) is 2.47. The second-order valence-electron chi connectivity index (χ2n) is 1.12. The maximum Gasteiger partial charge on any atom is 0.335 e. The number of carbonyl (C=O) groups is 2. The minimum atomic E-state index is -0.568. The summed E-state index contributed by atoms with van der Waals surface area (Å²) in [7, 11) is 0. The maximum absolute atomic E-state index is 10.1. The molecule has 1 rings (SSSR count). The molecule has 8 heavy (non-hydrogen) atoms. The Balaban J connectivity index is 2.45. The molecule has 0 N–H and O–H groups in total. The Labute approximate surface area is 49.8 Å². The SMILES string of the molecule is O=C1COSC(=O)[N]1. The molecule has 0 aliphatic carbocycles. The van der Waals surface area contributed by atoms with E-state index in [1.54, 1.807) is 0 Å². The van der Waals surface area contributed by atoms with E-state index in [4.69, 9.17) is 0 Å². The molecule has 1 aliphatic rings. The number of rotatable bonds is 0. The van der Waals surface area contributed by atoms with Crippen LogP contribution in [0.2, 0.25) is 0 Å². The van der Waals surface area contributed by atoms with E-state index in [1.807, 2.05) is 0 Å². The molecule has 5 heteroatoms. The van der Waals surface area contributed by atoms with Gasteiger partial charge in [0.25, 0.3) is 5.91 Å². The largest absolute Gasteiger partial charge is 0.335 e. The minimum absolute atomic E-state index is 0.0869. The van der Waals surface area contributed by atoms with Crippen LogP contribution < -0.4 is 5.32 Å².